The Kier molecular flexibility index (Phi) is 10.2. The fourth-order valence-corrected chi connectivity index (χ4v) is 4.47. The summed E-state index contributed by atoms with van der Waals surface area (Å²) in [6.45, 7) is 6.94. The number of hydrogen-bond donors (Lipinski definition) is 2. The molecule has 1 amide bonds. The summed E-state index contributed by atoms with van der Waals surface area (Å²) >= 11 is 0. The predicted molar refractivity (Wildman–Crippen MR) is 126 cm³/mol. The van der Waals surface area contributed by atoms with Crippen molar-refractivity contribution in [3.8, 4) is 0 Å². The van der Waals surface area contributed by atoms with Crippen LogP contribution in [0.25, 0.3) is 0 Å². The molecule has 1 saturated heterocycles. The van der Waals surface area contributed by atoms with Crippen molar-refractivity contribution in [3.63, 3.8) is 0 Å². The minimum atomic E-state index is 0.274. The highest BCUT2D eigenvalue weighted by atomic mass is 16.5. The number of aliphatic imine (C=N–C) groups is 1. The van der Waals surface area contributed by atoms with E-state index < -0.39 is 0 Å². The Labute approximate surface area is 187 Å². The quantitative estimate of drug-likeness (QED) is 0.322. The van der Waals surface area contributed by atoms with Crippen LogP contribution in [0.5, 0.6) is 0 Å². The zero-order valence-corrected chi connectivity index (χ0v) is 19.2. The zero-order chi connectivity index (χ0) is 21.7. The van der Waals surface area contributed by atoms with Crippen molar-refractivity contribution in [2.75, 3.05) is 39.4 Å². The van der Waals surface area contributed by atoms with Gasteiger partial charge in [-0.05, 0) is 51.0 Å². The summed E-state index contributed by atoms with van der Waals surface area (Å²) in [6.07, 6.45) is 8.57. The summed E-state index contributed by atoms with van der Waals surface area (Å²) in [6, 6.07) is 10.8. The van der Waals surface area contributed by atoms with E-state index in [1.165, 1.54) is 18.4 Å². The topological polar surface area (TPSA) is 66.0 Å². The molecule has 0 bridgehead atoms. The minimum absolute atomic E-state index is 0.274. The summed E-state index contributed by atoms with van der Waals surface area (Å²) < 4.78 is 5.76. The maximum absolute atomic E-state index is 12.6. The maximum Gasteiger partial charge on any atom is 0.225 e. The van der Waals surface area contributed by atoms with Crippen molar-refractivity contribution in [3.05, 3.63) is 35.9 Å². The molecule has 0 radical (unpaired) electrons. The molecule has 2 N–H and O–H groups in total. The fraction of sp³-hybridized carbons (Fsp3) is 0.680. The van der Waals surface area contributed by atoms with Gasteiger partial charge in [0.2, 0.25) is 5.91 Å². The van der Waals surface area contributed by atoms with Crippen molar-refractivity contribution < 1.29 is 9.53 Å². The molecule has 31 heavy (non-hydrogen) atoms. The molecule has 1 aliphatic carbocycles. The van der Waals surface area contributed by atoms with Crippen LogP contribution in [-0.2, 0) is 16.0 Å². The van der Waals surface area contributed by atoms with Gasteiger partial charge in [-0.15, -0.1) is 0 Å². The molecule has 1 atom stereocenters. The van der Waals surface area contributed by atoms with E-state index in [0.29, 0.717) is 11.9 Å². The lowest BCUT2D eigenvalue weighted by molar-refractivity contribution is -0.134. The van der Waals surface area contributed by atoms with E-state index in [9.17, 15) is 4.79 Å². The van der Waals surface area contributed by atoms with Crippen LogP contribution in [0.1, 0.15) is 57.4 Å². The summed E-state index contributed by atoms with van der Waals surface area (Å²) in [7, 11) is 0. The highest BCUT2D eigenvalue weighted by Crippen LogP contribution is 2.27. The van der Waals surface area contributed by atoms with Crippen LogP contribution in [-0.4, -0.2) is 62.2 Å². The zero-order valence-electron chi connectivity index (χ0n) is 19.2. The summed E-state index contributed by atoms with van der Waals surface area (Å²) in [5.41, 5.74) is 1.32. The third-order valence-corrected chi connectivity index (χ3v) is 6.23. The second-order valence-electron chi connectivity index (χ2n) is 8.71. The smallest absolute Gasteiger partial charge is 0.225 e. The van der Waals surface area contributed by atoms with Crippen LogP contribution in [0.15, 0.2) is 35.3 Å². The Morgan fingerprint density at radius 1 is 1.13 bits per heavy atom. The van der Waals surface area contributed by atoms with Crippen LogP contribution >= 0.6 is 0 Å². The molecule has 172 valence electrons. The van der Waals surface area contributed by atoms with E-state index in [0.717, 1.165) is 83.9 Å². The molecular formula is C25H40N4O2. The van der Waals surface area contributed by atoms with Crippen LogP contribution < -0.4 is 10.6 Å². The molecule has 1 saturated carbocycles. The van der Waals surface area contributed by atoms with Crippen LogP contribution in [0.3, 0.4) is 0 Å². The van der Waals surface area contributed by atoms with Gasteiger partial charge in [0.25, 0.3) is 0 Å². The molecule has 6 nitrogen and oxygen atoms in total. The van der Waals surface area contributed by atoms with Gasteiger partial charge in [-0.1, -0.05) is 43.2 Å². The largest absolute Gasteiger partial charge is 0.381 e. The van der Waals surface area contributed by atoms with E-state index in [4.69, 9.17) is 9.73 Å². The van der Waals surface area contributed by atoms with Crippen LogP contribution in [0.4, 0.5) is 0 Å². The Hall–Kier alpha value is -2.08. The van der Waals surface area contributed by atoms with E-state index in [-0.39, 0.29) is 5.92 Å². The average molecular weight is 429 g/mol. The van der Waals surface area contributed by atoms with Gasteiger partial charge in [0.05, 0.1) is 6.61 Å². The highest BCUT2D eigenvalue weighted by Gasteiger charge is 2.32. The second kappa shape index (κ2) is 13.4. The number of benzene rings is 1. The standard InChI is InChI=1S/C25H40N4O2/c1-2-26-25(27-16-8-9-18-31-19-15-21-10-4-3-5-11-21)28-23-14-17-29(20-23)24(30)22-12-6-7-13-22/h3-5,10-11,22-23H,2,6-9,12-20H2,1H3,(H2,26,27,28). The van der Waals surface area contributed by atoms with Crippen molar-refractivity contribution in [1.82, 2.24) is 15.5 Å². The number of hydrogen-bond acceptors (Lipinski definition) is 3. The second-order valence-corrected chi connectivity index (χ2v) is 8.71. The molecule has 3 rings (SSSR count). The molecule has 1 heterocycles. The first-order valence-corrected chi connectivity index (χ1v) is 12.2. The summed E-state index contributed by atoms with van der Waals surface area (Å²) in [5, 5.41) is 6.88. The molecule has 6 heteroatoms. The van der Waals surface area contributed by atoms with Gasteiger partial charge in [-0.3, -0.25) is 9.79 Å². The number of carbonyl (C=O) groups excluding carboxylic acids is 1. The number of ether oxygens (including phenoxy) is 1. The van der Waals surface area contributed by atoms with E-state index in [1.54, 1.807) is 0 Å². The number of guanidine groups is 1. The lowest BCUT2D eigenvalue weighted by Crippen LogP contribution is -2.45. The minimum Gasteiger partial charge on any atom is -0.381 e. The van der Waals surface area contributed by atoms with Gasteiger partial charge < -0.3 is 20.3 Å². The number of nitrogens with zero attached hydrogens (tertiary/aromatic N) is 2. The molecule has 0 aromatic heterocycles. The molecule has 0 spiro atoms. The van der Waals surface area contributed by atoms with E-state index in [1.807, 2.05) is 6.07 Å². The maximum atomic E-state index is 12.6. The van der Waals surface area contributed by atoms with Gasteiger partial charge in [0.15, 0.2) is 5.96 Å². The first-order chi connectivity index (χ1) is 15.3. The lowest BCUT2D eigenvalue weighted by atomic mass is 10.1. The van der Waals surface area contributed by atoms with Gasteiger partial charge in [-0.2, -0.15) is 0 Å². The SMILES string of the molecule is CCNC(=NCCCCOCCc1ccccc1)NC1CCN(C(=O)C2CCCC2)C1. The van der Waals surface area contributed by atoms with Crippen molar-refractivity contribution in [1.29, 1.82) is 0 Å². The Morgan fingerprint density at radius 3 is 2.71 bits per heavy atom. The molecule has 1 aromatic carbocycles. The Balaban J connectivity index is 1.29. The molecular weight excluding hydrogens is 388 g/mol. The van der Waals surface area contributed by atoms with Crippen molar-refractivity contribution in [2.45, 2.75) is 64.3 Å². The van der Waals surface area contributed by atoms with Gasteiger partial charge in [0.1, 0.15) is 0 Å². The van der Waals surface area contributed by atoms with Crippen molar-refractivity contribution in [2.24, 2.45) is 10.9 Å². The monoisotopic (exact) mass is 428 g/mol. The Morgan fingerprint density at radius 2 is 1.94 bits per heavy atom. The number of unbranched alkanes of at least 4 members (excludes halogenated alkanes) is 1. The average Bonchev–Trinajstić information content (AvgIpc) is 3.48. The van der Waals surface area contributed by atoms with Crippen molar-refractivity contribution >= 4 is 11.9 Å². The third-order valence-electron chi connectivity index (χ3n) is 6.23. The molecule has 2 fully saturated rings. The number of rotatable bonds is 11. The van der Waals surface area contributed by atoms with Gasteiger partial charge in [0, 0.05) is 44.7 Å². The first-order valence-electron chi connectivity index (χ1n) is 12.2. The van der Waals surface area contributed by atoms with Crippen LogP contribution in [0.2, 0.25) is 0 Å². The van der Waals surface area contributed by atoms with E-state index in [2.05, 4.69) is 46.7 Å². The van der Waals surface area contributed by atoms with Gasteiger partial charge >= 0.3 is 0 Å². The first kappa shape index (κ1) is 23.6. The molecule has 1 aliphatic heterocycles. The van der Waals surface area contributed by atoms with Gasteiger partial charge in [-0.25, -0.2) is 0 Å². The Bertz CT molecular complexity index is 673. The third kappa shape index (κ3) is 8.17. The van der Waals surface area contributed by atoms with Crippen LogP contribution in [0, 0.1) is 5.92 Å². The molecule has 1 aromatic rings. The molecule has 1 unspecified atom stereocenters. The fourth-order valence-electron chi connectivity index (χ4n) is 4.47. The summed E-state index contributed by atoms with van der Waals surface area (Å²) in [4.78, 5) is 19.4. The number of amides is 1. The predicted octanol–water partition coefficient (Wildman–Crippen LogP) is 3.37. The molecule has 2 aliphatic rings. The summed E-state index contributed by atoms with van der Waals surface area (Å²) in [5.74, 6) is 1.51. The highest BCUT2D eigenvalue weighted by molar-refractivity contribution is 5.81. The lowest BCUT2D eigenvalue weighted by Gasteiger charge is -2.21. The normalized spacial score (nSPS) is 19.7. The number of carbonyl (C=O) groups is 1. The van der Waals surface area contributed by atoms with E-state index >= 15 is 0 Å². The number of nitrogens with one attached hydrogen (secondary N) is 2. The number of likely N-dealkylation sites (tertiary alicyclic amines) is 1.